The maximum Gasteiger partial charge on any atom is 0.263 e. The highest BCUT2D eigenvalue weighted by Crippen LogP contribution is 2.38. The molecule has 0 radical (unpaired) electrons. The van der Waals surface area contributed by atoms with Crippen molar-refractivity contribution in [3.63, 3.8) is 0 Å². The van der Waals surface area contributed by atoms with E-state index in [1.165, 1.54) is 0 Å². The number of benzene rings is 1. The lowest BCUT2D eigenvalue weighted by molar-refractivity contribution is -0.137. The number of ether oxygens (including phenoxy) is 1. The first-order chi connectivity index (χ1) is 14.8. The van der Waals surface area contributed by atoms with Crippen molar-refractivity contribution < 1.29 is 14.1 Å². The van der Waals surface area contributed by atoms with E-state index < -0.39 is 6.10 Å². The van der Waals surface area contributed by atoms with Gasteiger partial charge in [-0.2, -0.15) is 4.98 Å². The number of hydrogen-bond acceptors (Lipinski definition) is 6. The summed E-state index contributed by atoms with van der Waals surface area (Å²) in [5, 5.41) is 4.12. The summed E-state index contributed by atoms with van der Waals surface area (Å²) in [5.74, 6) is 3.17. The molecule has 4 rings (SSSR count). The van der Waals surface area contributed by atoms with Crippen molar-refractivity contribution in [1.29, 1.82) is 0 Å². The van der Waals surface area contributed by atoms with E-state index in [0.717, 1.165) is 54.4 Å². The highest BCUT2D eigenvalue weighted by atomic mass is 16.5. The first kappa shape index (κ1) is 21.8. The van der Waals surface area contributed by atoms with Crippen LogP contribution in [-0.4, -0.2) is 58.1 Å². The molecule has 2 aromatic rings. The van der Waals surface area contributed by atoms with Gasteiger partial charge in [0.1, 0.15) is 5.75 Å². The maximum absolute atomic E-state index is 13.1. The van der Waals surface area contributed by atoms with Gasteiger partial charge in [0.2, 0.25) is 5.89 Å². The fourth-order valence-corrected chi connectivity index (χ4v) is 4.20. The highest BCUT2D eigenvalue weighted by molar-refractivity contribution is 5.81. The minimum Gasteiger partial charge on any atom is -0.481 e. The molecule has 1 aliphatic heterocycles. The smallest absolute Gasteiger partial charge is 0.263 e. The van der Waals surface area contributed by atoms with Gasteiger partial charge in [0.15, 0.2) is 11.9 Å². The van der Waals surface area contributed by atoms with E-state index in [2.05, 4.69) is 48.1 Å². The summed E-state index contributed by atoms with van der Waals surface area (Å²) in [6, 6.07) is 6.50. The van der Waals surface area contributed by atoms with E-state index in [-0.39, 0.29) is 11.9 Å². The third-order valence-corrected chi connectivity index (χ3v) is 6.34. The lowest BCUT2D eigenvalue weighted by atomic mass is 10.0. The third kappa shape index (κ3) is 5.09. The number of likely N-dealkylation sites (tertiary alicyclic amines) is 1. The Hall–Kier alpha value is -2.41. The summed E-state index contributed by atoms with van der Waals surface area (Å²) in [6.07, 6.45) is 2.73. The molecule has 0 N–H and O–H groups in total. The van der Waals surface area contributed by atoms with E-state index in [0.29, 0.717) is 24.9 Å². The van der Waals surface area contributed by atoms with Crippen molar-refractivity contribution in [3.8, 4) is 5.75 Å². The molecule has 2 aliphatic rings. The predicted molar refractivity (Wildman–Crippen MR) is 118 cm³/mol. The Labute approximate surface area is 184 Å². The molecule has 0 spiro atoms. The van der Waals surface area contributed by atoms with E-state index in [1.807, 2.05) is 24.8 Å². The van der Waals surface area contributed by atoms with E-state index in [4.69, 9.17) is 9.26 Å². The van der Waals surface area contributed by atoms with Crippen molar-refractivity contribution in [2.75, 3.05) is 20.1 Å². The van der Waals surface area contributed by atoms with Crippen molar-refractivity contribution in [1.82, 2.24) is 19.9 Å². The maximum atomic E-state index is 13.1. The van der Waals surface area contributed by atoms with Gasteiger partial charge in [0.05, 0.1) is 6.54 Å². The molecule has 2 heterocycles. The average Bonchev–Trinajstić information content (AvgIpc) is 3.26. The lowest BCUT2D eigenvalue weighted by Crippen LogP contribution is -2.41. The number of carbonyl (C=O) groups excluding carboxylic acids is 1. The van der Waals surface area contributed by atoms with Gasteiger partial charge >= 0.3 is 0 Å². The molecule has 1 aromatic carbocycles. The molecular formula is C24H34N4O3. The number of nitrogens with zero attached hydrogens (tertiary/aromatic N) is 4. The van der Waals surface area contributed by atoms with Gasteiger partial charge in [-0.3, -0.25) is 9.69 Å². The van der Waals surface area contributed by atoms with Gasteiger partial charge in [-0.25, -0.2) is 0 Å². The minimum atomic E-state index is -0.512. The summed E-state index contributed by atoms with van der Waals surface area (Å²) in [5.41, 5.74) is 2.27. The van der Waals surface area contributed by atoms with E-state index in [1.54, 1.807) is 0 Å². The van der Waals surface area contributed by atoms with Crippen LogP contribution in [0.5, 0.6) is 5.75 Å². The van der Waals surface area contributed by atoms with Crippen LogP contribution in [0.2, 0.25) is 0 Å². The molecule has 7 nitrogen and oxygen atoms in total. The standard InChI is InChI=1S/C24H34N4O3/c1-15(2)20-9-6-16(3)12-21(20)30-17(4)24(29)28-11-10-19(13-28)27(5)14-22-25-23(31-26-22)18-7-8-18/h6,9,12,15,17-19H,7-8,10-11,13-14H2,1-5H3/t17-,19+/m1/s1. The minimum absolute atomic E-state index is 0.0442. The second-order valence-electron chi connectivity index (χ2n) is 9.42. The number of hydrogen-bond donors (Lipinski definition) is 0. The monoisotopic (exact) mass is 426 g/mol. The zero-order valence-corrected chi connectivity index (χ0v) is 19.3. The van der Waals surface area contributed by atoms with Crippen molar-refractivity contribution in [2.45, 2.75) is 77.5 Å². The highest BCUT2D eigenvalue weighted by Gasteiger charge is 2.33. The molecule has 31 heavy (non-hydrogen) atoms. The lowest BCUT2D eigenvalue weighted by Gasteiger charge is -2.25. The van der Waals surface area contributed by atoms with Crippen LogP contribution in [0.4, 0.5) is 0 Å². The second kappa shape index (κ2) is 8.99. The van der Waals surface area contributed by atoms with Crippen LogP contribution in [0.3, 0.4) is 0 Å². The Bertz CT molecular complexity index is 921. The Morgan fingerprint density at radius 3 is 2.77 bits per heavy atom. The second-order valence-corrected chi connectivity index (χ2v) is 9.42. The molecule has 1 aromatic heterocycles. The quantitative estimate of drug-likeness (QED) is 0.638. The van der Waals surface area contributed by atoms with Crippen molar-refractivity contribution in [3.05, 3.63) is 41.0 Å². The molecule has 0 bridgehead atoms. The van der Waals surface area contributed by atoms with Gasteiger partial charge in [-0.1, -0.05) is 31.1 Å². The summed E-state index contributed by atoms with van der Waals surface area (Å²) >= 11 is 0. The van der Waals surface area contributed by atoms with E-state index >= 15 is 0 Å². The Morgan fingerprint density at radius 2 is 2.06 bits per heavy atom. The molecule has 2 fully saturated rings. The zero-order chi connectivity index (χ0) is 22.1. The molecule has 168 valence electrons. The van der Waals surface area contributed by atoms with Crippen LogP contribution in [0.25, 0.3) is 0 Å². The first-order valence-electron chi connectivity index (χ1n) is 11.4. The van der Waals surface area contributed by atoms with E-state index in [9.17, 15) is 4.79 Å². The van der Waals surface area contributed by atoms with Gasteiger partial charge < -0.3 is 14.2 Å². The van der Waals surface area contributed by atoms with Crippen LogP contribution < -0.4 is 4.74 Å². The molecule has 2 atom stereocenters. The van der Waals surface area contributed by atoms with Crippen LogP contribution in [-0.2, 0) is 11.3 Å². The number of aromatic nitrogens is 2. The van der Waals surface area contributed by atoms with Crippen molar-refractivity contribution in [2.24, 2.45) is 0 Å². The van der Waals surface area contributed by atoms with Gasteiger partial charge in [0.25, 0.3) is 5.91 Å². The molecule has 1 saturated heterocycles. The number of amides is 1. The van der Waals surface area contributed by atoms with Crippen LogP contribution in [0.15, 0.2) is 22.7 Å². The average molecular weight is 427 g/mol. The molecule has 1 aliphatic carbocycles. The van der Waals surface area contributed by atoms with Crippen LogP contribution >= 0.6 is 0 Å². The fraction of sp³-hybridized carbons (Fsp3) is 0.625. The molecular weight excluding hydrogens is 392 g/mol. The fourth-order valence-electron chi connectivity index (χ4n) is 4.20. The molecule has 0 unspecified atom stereocenters. The number of aryl methyl sites for hydroxylation is 1. The topological polar surface area (TPSA) is 71.7 Å². The van der Waals surface area contributed by atoms with Gasteiger partial charge in [-0.05, 0) is 63.3 Å². The molecule has 1 amide bonds. The first-order valence-corrected chi connectivity index (χ1v) is 11.4. The van der Waals surface area contributed by atoms with Crippen LogP contribution in [0.1, 0.15) is 74.7 Å². The number of carbonyl (C=O) groups is 1. The Morgan fingerprint density at radius 1 is 1.29 bits per heavy atom. The summed E-state index contributed by atoms with van der Waals surface area (Å²) in [6.45, 7) is 10.2. The molecule has 7 heteroatoms. The summed E-state index contributed by atoms with van der Waals surface area (Å²) in [4.78, 5) is 21.7. The Kier molecular flexibility index (Phi) is 6.32. The Balaban J connectivity index is 1.32. The number of rotatable bonds is 8. The largest absolute Gasteiger partial charge is 0.481 e. The molecule has 1 saturated carbocycles. The van der Waals surface area contributed by atoms with Gasteiger partial charge in [0, 0.05) is 25.0 Å². The van der Waals surface area contributed by atoms with Gasteiger partial charge in [-0.15, -0.1) is 0 Å². The summed E-state index contributed by atoms with van der Waals surface area (Å²) in [7, 11) is 2.06. The zero-order valence-electron chi connectivity index (χ0n) is 19.3. The predicted octanol–water partition coefficient (Wildman–Crippen LogP) is 3.88. The third-order valence-electron chi connectivity index (χ3n) is 6.34. The van der Waals surface area contributed by atoms with Crippen LogP contribution in [0, 0.1) is 6.92 Å². The normalized spacial score (nSPS) is 20.0. The SMILES string of the molecule is Cc1ccc(C(C)C)c(O[C@H](C)C(=O)N2CC[C@H](N(C)Cc3noc(C4CC4)n3)C2)c1. The number of likely N-dealkylation sites (N-methyl/N-ethyl adjacent to an activating group) is 1. The van der Waals surface area contributed by atoms with Crippen molar-refractivity contribution >= 4 is 5.91 Å². The summed E-state index contributed by atoms with van der Waals surface area (Å²) < 4.78 is 11.5.